The molecule has 0 radical (unpaired) electrons. The number of nitrogens with zero attached hydrogens (tertiary/aromatic N) is 3. The molecule has 1 saturated heterocycles. The molecule has 0 aliphatic carbocycles. The Morgan fingerprint density at radius 2 is 2.20 bits per heavy atom. The van der Waals surface area contributed by atoms with Gasteiger partial charge in [-0.1, -0.05) is 12.1 Å². The maximum atomic E-state index is 13.2. The molecule has 5 nitrogen and oxygen atoms in total. The van der Waals surface area contributed by atoms with Gasteiger partial charge < -0.3 is 14.6 Å². The number of amides is 1. The van der Waals surface area contributed by atoms with Crippen molar-refractivity contribution in [1.82, 2.24) is 14.5 Å². The summed E-state index contributed by atoms with van der Waals surface area (Å²) in [5.74, 6) is -0.137. The van der Waals surface area contributed by atoms with Crippen molar-refractivity contribution >= 4 is 16.9 Å². The van der Waals surface area contributed by atoms with Crippen LogP contribution in [0.2, 0.25) is 0 Å². The van der Waals surface area contributed by atoms with E-state index in [0.717, 1.165) is 11.0 Å². The summed E-state index contributed by atoms with van der Waals surface area (Å²) in [7, 11) is 0. The van der Waals surface area contributed by atoms with E-state index in [1.165, 1.54) is 4.90 Å². The number of alkyl halides is 1. The number of hydrogen-bond acceptors (Lipinski definition) is 3. The number of β-amino-alcohol motifs (C(OH)–C–C–N with tert-alkyl or cyclic N) is 1. The minimum atomic E-state index is -1.33. The number of carbonyl (C=O) groups excluding carboxylic acids is 1. The molecule has 6 heteroatoms. The molecule has 0 bridgehead atoms. The largest absolute Gasteiger partial charge is 0.388 e. The molecule has 3 rings (SSSR count). The average Bonchev–Trinajstić information content (AvgIpc) is 3.01. The van der Waals surface area contributed by atoms with E-state index in [0.29, 0.717) is 6.54 Å². The number of aryl methyl sites for hydroxylation is 1. The zero-order valence-corrected chi connectivity index (χ0v) is 10.9. The third-order valence-corrected chi connectivity index (χ3v) is 3.67. The lowest BCUT2D eigenvalue weighted by Gasteiger charge is -2.15. The van der Waals surface area contributed by atoms with Gasteiger partial charge in [-0.3, -0.25) is 4.79 Å². The van der Waals surface area contributed by atoms with E-state index < -0.39 is 12.3 Å². The van der Waals surface area contributed by atoms with Gasteiger partial charge in [0.1, 0.15) is 12.3 Å². The number of benzene rings is 1. The molecule has 1 aliphatic rings. The molecule has 20 heavy (non-hydrogen) atoms. The van der Waals surface area contributed by atoms with E-state index in [9.17, 15) is 14.3 Å². The molecule has 1 aliphatic heterocycles. The van der Waals surface area contributed by atoms with Crippen LogP contribution in [0.4, 0.5) is 4.39 Å². The number of rotatable bonds is 3. The molecule has 106 valence electrons. The number of halogens is 1. The monoisotopic (exact) mass is 277 g/mol. The highest BCUT2D eigenvalue weighted by Crippen LogP contribution is 2.16. The summed E-state index contributed by atoms with van der Waals surface area (Å²) in [4.78, 5) is 17.6. The van der Waals surface area contributed by atoms with Crippen molar-refractivity contribution in [1.29, 1.82) is 0 Å². The van der Waals surface area contributed by atoms with Gasteiger partial charge in [-0.2, -0.15) is 0 Å². The Labute approximate surface area is 115 Å². The van der Waals surface area contributed by atoms with Gasteiger partial charge in [-0.05, 0) is 12.1 Å². The second-order valence-corrected chi connectivity index (χ2v) is 5.06. The predicted octanol–water partition coefficient (Wildman–Crippen LogP) is 0.968. The molecule has 1 amide bonds. The Kier molecular flexibility index (Phi) is 3.40. The SMILES string of the molecule is O=C(CCn1cnc2ccccc21)N1C[C@@H](O)[C@H](F)C1. The average molecular weight is 277 g/mol. The van der Waals surface area contributed by atoms with Gasteiger partial charge in [0.2, 0.25) is 5.91 Å². The van der Waals surface area contributed by atoms with Crippen LogP contribution >= 0.6 is 0 Å². The standard InChI is InChI=1S/C14H16FN3O2/c15-10-7-18(8-13(10)19)14(20)5-6-17-9-16-11-3-1-2-4-12(11)17/h1-4,9-10,13,19H,5-8H2/t10-,13-/m1/s1. The third kappa shape index (κ3) is 2.38. The van der Waals surface area contributed by atoms with Crippen molar-refractivity contribution < 1.29 is 14.3 Å². The highest BCUT2D eigenvalue weighted by molar-refractivity contribution is 5.78. The Morgan fingerprint density at radius 3 is 2.95 bits per heavy atom. The number of aliphatic hydroxyl groups is 1. The molecule has 2 aromatic rings. The minimum absolute atomic E-state index is 0.00925. The van der Waals surface area contributed by atoms with Gasteiger partial charge in [-0.15, -0.1) is 0 Å². The molecule has 1 aromatic heterocycles. The maximum Gasteiger partial charge on any atom is 0.224 e. The van der Waals surface area contributed by atoms with Gasteiger partial charge in [0.25, 0.3) is 0 Å². The van der Waals surface area contributed by atoms with E-state index in [-0.39, 0.29) is 25.4 Å². The highest BCUT2D eigenvalue weighted by atomic mass is 19.1. The Bertz CT molecular complexity index is 618. The van der Waals surface area contributed by atoms with Gasteiger partial charge >= 0.3 is 0 Å². The fourth-order valence-electron chi connectivity index (χ4n) is 2.51. The first-order valence-corrected chi connectivity index (χ1v) is 6.65. The Morgan fingerprint density at radius 1 is 1.40 bits per heavy atom. The Balaban J connectivity index is 1.63. The molecule has 1 aromatic carbocycles. The van der Waals surface area contributed by atoms with Crippen molar-refractivity contribution in [2.24, 2.45) is 0 Å². The van der Waals surface area contributed by atoms with Crippen molar-refractivity contribution in [3.05, 3.63) is 30.6 Å². The van der Waals surface area contributed by atoms with Crippen LogP contribution in [0.25, 0.3) is 11.0 Å². The molecule has 0 unspecified atom stereocenters. The van der Waals surface area contributed by atoms with Gasteiger partial charge in [0.05, 0.1) is 23.9 Å². The lowest BCUT2D eigenvalue weighted by Crippen LogP contribution is -2.30. The van der Waals surface area contributed by atoms with Crippen LogP contribution in [0.5, 0.6) is 0 Å². The number of imidazole rings is 1. The van der Waals surface area contributed by atoms with Crippen LogP contribution in [0, 0.1) is 0 Å². The molecule has 1 fully saturated rings. The van der Waals surface area contributed by atoms with Crippen LogP contribution in [0.3, 0.4) is 0 Å². The van der Waals surface area contributed by atoms with Gasteiger partial charge in [0, 0.05) is 19.5 Å². The molecular formula is C14H16FN3O2. The fourth-order valence-corrected chi connectivity index (χ4v) is 2.51. The molecular weight excluding hydrogens is 261 g/mol. The topological polar surface area (TPSA) is 58.4 Å². The molecule has 0 saturated carbocycles. The number of aromatic nitrogens is 2. The van der Waals surface area contributed by atoms with E-state index in [1.807, 2.05) is 28.8 Å². The van der Waals surface area contributed by atoms with Crippen LogP contribution in [-0.4, -0.2) is 50.8 Å². The normalized spacial score (nSPS) is 22.6. The van der Waals surface area contributed by atoms with Crippen LogP contribution in [-0.2, 0) is 11.3 Å². The summed E-state index contributed by atoms with van der Waals surface area (Å²) in [6.45, 7) is 0.582. The summed E-state index contributed by atoms with van der Waals surface area (Å²) in [5, 5.41) is 9.33. The molecule has 1 N–H and O–H groups in total. The van der Waals surface area contributed by atoms with E-state index >= 15 is 0 Å². The predicted molar refractivity (Wildman–Crippen MR) is 71.8 cm³/mol. The number of para-hydroxylation sites is 2. The second-order valence-electron chi connectivity index (χ2n) is 5.06. The first-order valence-electron chi connectivity index (χ1n) is 6.65. The number of fused-ring (bicyclic) bond motifs is 1. The zero-order chi connectivity index (χ0) is 14.1. The van der Waals surface area contributed by atoms with Crippen molar-refractivity contribution in [3.8, 4) is 0 Å². The van der Waals surface area contributed by atoms with Gasteiger partial charge in [-0.25, -0.2) is 9.37 Å². The smallest absolute Gasteiger partial charge is 0.224 e. The van der Waals surface area contributed by atoms with Gasteiger partial charge in [0.15, 0.2) is 0 Å². The first-order chi connectivity index (χ1) is 9.65. The number of carbonyl (C=O) groups is 1. The number of aliphatic hydroxyl groups excluding tert-OH is 1. The van der Waals surface area contributed by atoms with Crippen LogP contribution < -0.4 is 0 Å². The highest BCUT2D eigenvalue weighted by Gasteiger charge is 2.33. The molecule has 0 spiro atoms. The summed E-state index contributed by atoms with van der Waals surface area (Å²) in [6.07, 6.45) is -0.393. The van der Waals surface area contributed by atoms with E-state index in [1.54, 1.807) is 6.33 Å². The van der Waals surface area contributed by atoms with Crippen LogP contribution in [0.1, 0.15) is 6.42 Å². The first kappa shape index (κ1) is 13.1. The van der Waals surface area contributed by atoms with Crippen molar-refractivity contribution in [2.45, 2.75) is 25.2 Å². The van der Waals surface area contributed by atoms with Crippen LogP contribution in [0.15, 0.2) is 30.6 Å². The maximum absolute atomic E-state index is 13.2. The molecule has 2 heterocycles. The summed E-state index contributed by atoms with van der Waals surface area (Å²) < 4.78 is 15.1. The summed E-state index contributed by atoms with van der Waals surface area (Å²) in [5.41, 5.74) is 1.87. The lowest BCUT2D eigenvalue weighted by atomic mass is 10.3. The fraction of sp³-hybridized carbons (Fsp3) is 0.429. The second kappa shape index (κ2) is 5.20. The van der Waals surface area contributed by atoms with E-state index in [2.05, 4.69) is 4.98 Å². The minimum Gasteiger partial charge on any atom is -0.388 e. The van der Waals surface area contributed by atoms with Crippen molar-refractivity contribution in [3.63, 3.8) is 0 Å². The lowest BCUT2D eigenvalue weighted by molar-refractivity contribution is -0.130. The summed E-state index contributed by atoms with van der Waals surface area (Å²) >= 11 is 0. The third-order valence-electron chi connectivity index (χ3n) is 3.67. The zero-order valence-electron chi connectivity index (χ0n) is 10.9. The number of likely N-dealkylation sites (tertiary alicyclic amines) is 1. The van der Waals surface area contributed by atoms with Crippen molar-refractivity contribution in [2.75, 3.05) is 13.1 Å². The number of hydrogen-bond donors (Lipinski definition) is 1. The molecule has 2 atom stereocenters. The quantitative estimate of drug-likeness (QED) is 0.909. The Hall–Kier alpha value is -1.95. The van der Waals surface area contributed by atoms with E-state index in [4.69, 9.17) is 0 Å². The summed E-state index contributed by atoms with van der Waals surface area (Å²) in [6, 6.07) is 7.70.